The van der Waals surface area contributed by atoms with Crippen molar-refractivity contribution in [1.29, 1.82) is 0 Å². The molecule has 0 spiro atoms. The van der Waals surface area contributed by atoms with Gasteiger partial charge in [0.1, 0.15) is 0 Å². The Balaban J connectivity index is 1.39. The van der Waals surface area contributed by atoms with Crippen LogP contribution in [-0.2, 0) is 6.54 Å². The lowest BCUT2D eigenvalue weighted by Gasteiger charge is -2.32. The molecule has 1 atom stereocenters. The van der Waals surface area contributed by atoms with Gasteiger partial charge in [-0.05, 0) is 50.3 Å². The number of rotatable bonds is 4. The van der Waals surface area contributed by atoms with Crippen molar-refractivity contribution in [3.8, 4) is 0 Å². The van der Waals surface area contributed by atoms with Crippen LogP contribution in [0.3, 0.4) is 0 Å². The summed E-state index contributed by atoms with van der Waals surface area (Å²) in [6.07, 6.45) is 11.2. The Kier molecular flexibility index (Phi) is 5.24. The van der Waals surface area contributed by atoms with Crippen molar-refractivity contribution in [2.75, 3.05) is 26.2 Å². The van der Waals surface area contributed by atoms with Gasteiger partial charge in [-0.25, -0.2) is 4.68 Å². The minimum absolute atomic E-state index is 0.0268. The van der Waals surface area contributed by atoms with Gasteiger partial charge < -0.3 is 4.90 Å². The Hall–Kier alpha value is -2.28. The summed E-state index contributed by atoms with van der Waals surface area (Å²) < 4.78 is 1.90. The minimum Gasteiger partial charge on any atom is -0.337 e. The molecule has 2 aliphatic heterocycles. The first kappa shape index (κ1) is 17.1. The van der Waals surface area contributed by atoms with Gasteiger partial charge in [0.2, 0.25) is 0 Å². The van der Waals surface area contributed by atoms with Gasteiger partial charge in [0, 0.05) is 38.6 Å². The summed E-state index contributed by atoms with van der Waals surface area (Å²) in [5, 5.41) is 8.45. The molecule has 2 saturated heterocycles. The summed E-state index contributed by atoms with van der Waals surface area (Å²) in [5.41, 5.74) is 1.71. The number of likely N-dealkylation sites (tertiary alicyclic amines) is 2. The first-order chi connectivity index (χ1) is 12.8. The van der Waals surface area contributed by atoms with Crippen molar-refractivity contribution in [3.05, 3.63) is 42.0 Å². The summed E-state index contributed by atoms with van der Waals surface area (Å²) in [6, 6.07) is 4.37. The van der Waals surface area contributed by atoms with E-state index in [1.54, 1.807) is 6.20 Å². The molecule has 1 amide bonds. The summed E-state index contributed by atoms with van der Waals surface area (Å²) in [5.74, 6) is 0.0268. The molecule has 0 saturated carbocycles. The second-order valence-electron chi connectivity index (χ2n) is 7.33. The predicted molar refractivity (Wildman–Crippen MR) is 97.6 cm³/mol. The lowest BCUT2D eigenvalue weighted by Crippen LogP contribution is -2.36. The van der Waals surface area contributed by atoms with Crippen LogP contribution >= 0.6 is 0 Å². The molecule has 7 nitrogen and oxygen atoms in total. The molecule has 4 heterocycles. The van der Waals surface area contributed by atoms with Crippen molar-refractivity contribution in [1.82, 2.24) is 29.8 Å². The largest absolute Gasteiger partial charge is 0.337 e. The average Bonchev–Trinajstić information content (AvgIpc) is 3.19. The monoisotopic (exact) mass is 354 g/mol. The third-order valence-corrected chi connectivity index (χ3v) is 5.36. The molecule has 2 aliphatic rings. The summed E-state index contributed by atoms with van der Waals surface area (Å²) in [6.45, 7) is 4.59. The number of nitrogens with zero attached hydrogens (tertiary/aromatic N) is 6. The van der Waals surface area contributed by atoms with E-state index < -0.39 is 0 Å². The van der Waals surface area contributed by atoms with Gasteiger partial charge in [-0.2, -0.15) is 0 Å². The lowest BCUT2D eigenvalue weighted by atomic mass is 10.1. The highest BCUT2D eigenvalue weighted by Crippen LogP contribution is 2.22. The van der Waals surface area contributed by atoms with E-state index in [1.807, 2.05) is 28.0 Å². The highest BCUT2D eigenvalue weighted by Gasteiger charge is 2.25. The van der Waals surface area contributed by atoms with Crippen LogP contribution in [0.15, 0.2) is 30.7 Å². The minimum atomic E-state index is 0.0268. The fourth-order valence-electron chi connectivity index (χ4n) is 3.95. The third kappa shape index (κ3) is 3.93. The molecule has 0 radical (unpaired) electrons. The number of hydrogen-bond acceptors (Lipinski definition) is 5. The summed E-state index contributed by atoms with van der Waals surface area (Å²) >= 11 is 0. The van der Waals surface area contributed by atoms with Gasteiger partial charge in [-0.3, -0.25) is 14.7 Å². The molecule has 0 N–H and O–H groups in total. The molecule has 2 fully saturated rings. The van der Waals surface area contributed by atoms with E-state index in [0.717, 1.165) is 58.4 Å². The zero-order valence-corrected chi connectivity index (χ0v) is 15.1. The smallest absolute Gasteiger partial charge is 0.276 e. The van der Waals surface area contributed by atoms with Gasteiger partial charge in [0.15, 0.2) is 5.69 Å². The highest BCUT2D eigenvalue weighted by atomic mass is 16.2. The quantitative estimate of drug-likeness (QED) is 0.841. The normalized spacial score (nSPS) is 21.7. The van der Waals surface area contributed by atoms with E-state index in [0.29, 0.717) is 5.69 Å². The number of pyridine rings is 1. The Morgan fingerprint density at radius 3 is 2.85 bits per heavy atom. The van der Waals surface area contributed by atoms with E-state index in [1.165, 1.54) is 12.0 Å². The molecule has 26 heavy (non-hydrogen) atoms. The molecule has 0 aliphatic carbocycles. The summed E-state index contributed by atoms with van der Waals surface area (Å²) in [4.78, 5) is 21.1. The first-order valence-corrected chi connectivity index (χ1v) is 9.62. The molecular formula is C19H26N6O. The second kappa shape index (κ2) is 7.95. The maximum atomic E-state index is 12.6. The summed E-state index contributed by atoms with van der Waals surface area (Å²) in [7, 11) is 0. The first-order valence-electron chi connectivity index (χ1n) is 9.62. The van der Waals surface area contributed by atoms with Crippen LogP contribution in [0.4, 0.5) is 0 Å². The second-order valence-corrected chi connectivity index (χ2v) is 7.33. The Morgan fingerprint density at radius 2 is 2.04 bits per heavy atom. The van der Waals surface area contributed by atoms with Gasteiger partial charge in [-0.15, -0.1) is 5.10 Å². The van der Waals surface area contributed by atoms with Crippen LogP contribution in [-0.4, -0.2) is 61.9 Å². The molecule has 4 rings (SSSR count). The average molecular weight is 354 g/mol. The predicted octanol–water partition coefficient (Wildman–Crippen LogP) is 2.14. The number of piperidine rings is 2. The maximum Gasteiger partial charge on any atom is 0.276 e. The molecule has 0 bridgehead atoms. The number of aromatic nitrogens is 4. The van der Waals surface area contributed by atoms with Crippen molar-refractivity contribution in [2.24, 2.45) is 0 Å². The lowest BCUT2D eigenvalue weighted by molar-refractivity contribution is 0.0718. The van der Waals surface area contributed by atoms with Crippen LogP contribution in [0.1, 0.15) is 54.2 Å². The Labute approximate surface area is 154 Å². The molecule has 2 aromatic heterocycles. The van der Waals surface area contributed by atoms with E-state index >= 15 is 0 Å². The van der Waals surface area contributed by atoms with Gasteiger partial charge >= 0.3 is 0 Å². The maximum absolute atomic E-state index is 12.6. The van der Waals surface area contributed by atoms with Crippen LogP contribution in [0.5, 0.6) is 0 Å². The molecule has 0 aromatic carbocycles. The van der Waals surface area contributed by atoms with Crippen molar-refractivity contribution >= 4 is 5.91 Å². The molecule has 1 unspecified atom stereocenters. The fraction of sp³-hybridized carbons (Fsp3) is 0.579. The van der Waals surface area contributed by atoms with E-state index in [2.05, 4.69) is 26.3 Å². The van der Waals surface area contributed by atoms with E-state index in [-0.39, 0.29) is 11.9 Å². The van der Waals surface area contributed by atoms with Crippen LogP contribution in [0, 0.1) is 0 Å². The Morgan fingerprint density at radius 1 is 1.15 bits per heavy atom. The zero-order valence-electron chi connectivity index (χ0n) is 15.1. The van der Waals surface area contributed by atoms with Crippen LogP contribution in [0.2, 0.25) is 0 Å². The van der Waals surface area contributed by atoms with Gasteiger partial charge in [0.05, 0.1) is 12.2 Å². The number of carbonyl (C=O) groups excluding carboxylic acids is 1. The molecule has 2 aromatic rings. The van der Waals surface area contributed by atoms with Crippen LogP contribution < -0.4 is 0 Å². The molecular weight excluding hydrogens is 328 g/mol. The number of amides is 1. The van der Waals surface area contributed by atoms with E-state index in [4.69, 9.17) is 0 Å². The zero-order chi connectivity index (χ0) is 17.8. The molecule has 138 valence electrons. The topological polar surface area (TPSA) is 67.2 Å². The highest BCUT2D eigenvalue weighted by molar-refractivity contribution is 5.91. The van der Waals surface area contributed by atoms with Gasteiger partial charge in [-0.1, -0.05) is 11.3 Å². The van der Waals surface area contributed by atoms with Crippen molar-refractivity contribution in [3.63, 3.8) is 0 Å². The number of carbonyl (C=O) groups is 1. The van der Waals surface area contributed by atoms with Gasteiger partial charge in [0.25, 0.3) is 5.91 Å². The third-order valence-electron chi connectivity index (χ3n) is 5.36. The van der Waals surface area contributed by atoms with Crippen LogP contribution in [0.25, 0.3) is 0 Å². The van der Waals surface area contributed by atoms with E-state index in [9.17, 15) is 4.79 Å². The van der Waals surface area contributed by atoms with Crippen molar-refractivity contribution < 1.29 is 4.79 Å². The molecule has 7 heteroatoms. The number of hydrogen-bond donors (Lipinski definition) is 0. The Bertz CT molecular complexity index is 725. The standard InChI is InChI=1S/C19H26N6O/c26-19(24-10-2-1-3-11-24)18-15-25(22-21-18)17-7-5-9-23(14-17)13-16-6-4-8-20-12-16/h4,6,8,12,15,17H,1-3,5,7,9-11,13-14H2. The SMILES string of the molecule is O=C(c1cn(C2CCCN(Cc3cccnc3)C2)nn1)N1CCCCC1. The van der Waals surface area contributed by atoms with Crippen molar-refractivity contribution in [2.45, 2.75) is 44.7 Å². The fourth-order valence-corrected chi connectivity index (χ4v) is 3.95.